The summed E-state index contributed by atoms with van der Waals surface area (Å²) in [5.74, 6) is 0. The highest BCUT2D eigenvalue weighted by molar-refractivity contribution is 5.86. The Kier molecular flexibility index (Phi) is 5.38. The summed E-state index contributed by atoms with van der Waals surface area (Å²) in [5, 5.41) is 0. The Hall–Kier alpha value is -2.08. The zero-order valence-corrected chi connectivity index (χ0v) is 14.1. The van der Waals surface area contributed by atoms with Crippen molar-refractivity contribution in [1.29, 1.82) is 0 Å². The van der Waals surface area contributed by atoms with E-state index in [1.54, 1.807) is 0 Å². The monoisotopic (exact) mass is 290 g/mol. The molecule has 0 saturated heterocycles. The van der Waals surface area contributed by atoms with Crippen molar-refractivity contribution in [3.05, 3.63) is 72.3 Å². The summed E-state index contributed by atoms with van der Waals surface area (Å²) in [6.07, 6.45) is 3.60. The number of hydrogen-bond donors (Lipinski definition) is 0. The molecule has 2 aromatic carbocycles. The summed E-state index contributed by atoms with van der Waals surface area (Å²) >= 11 is 0. The maximum atomic E-state index is 4.19. The molecule has 2 rings (SSSR count). The Bertz CT molecular complexity index is 689. The first-order chi connectivity index (χ1) is 10.5. The maximum absolute atomic E-state index is 4.19. The molecule has 0 heteroatoms. The van der Waals surface area contributed by atoms with E-state index in [9.17, 15) is 0 Å². The summed E-state index contributed by atoms with van der Waals surface area (Å²) in [6.45, 7) is 14.7. The minimum absolute atomic E-state index is 1.10. The number of rotatable bonds is 6. The van der Waals surface area contributed by atoms with Gasteiger partial charge in [0.25, 0.3) is 0 Å². The lowest BCUT2D eigenvalue weighted by Gasteiger charge is -2.15. The molecule has 0 atom stereocenters. The van der Waals surface area contributed by atoms with Gasteiger partial charge < -0.3 is 0 Å². The fourth-order valence-corrected chi connectivity index (χ4v) is 2.81. The Morgan fingerprint density at radius 1 is 0.864 bits per heavy atom. The summed E-state index contributed by atoms with van der Waals surface area (Å²) in [5.41, 5.74) is 8.58. The first kappa shape index (κ1) is 16.3. The molecule has 114 valence electrons. The second-order valence-electron chi connectivity index (χ2n) is 6.09. The van der Waals surface area contributed by atoms with Gasteiger partial charge >= 0.3 is 0 Å². The van der Waals surface area contributed by atoms with Crippen LogP contribution in [-0.4, -0.2) is 0 Å². The number of unbranched alkanes of at least 4 members (excludes halogenated alkanes) is 1. The minimum atomic E-state index is 1.10. The van der Waals surface area contributed by atoms with E-state index in [2.05, 4.69) is 76.4 Å². The van der Waals surface area contributed by atoms with Gasteiger partial charge in [-0.05, 0) is 54.5 Å². The van der Waals surface area contributed by atoms with Crippen molar-refractivity contribution in [2.75, 3.05) is 0 Å². The molecule has 2 aromatic rings. The van der Waals surface area contributed by atoms with Gasteiger partial charge in [-0.1, -0.05) is 80.1 Å². The van der Waals surface area contributed by atoms with Crippen LogP contribution >= 0.6 is 0 Å². The van der Waals surface area contributed by atoms with E-state index in [1.165, 1.54) is 40.7 Å². The molecule has 0 heterocycles. The van der Waals surface area contributed by atoms with E-state index >= 15 is 0 Å². The molecule has 0 nitrogen and oxygen atoms in total. The van der Waals surface area contributed by atoms with Gasteiger partial charge in [0, 0.05) is 0 Å². The van der Waals surface area contributed by atoms with Crippen molar-refractivity contribution in [2.45, 2.75) is 40.0 Å². The lowest BCUT2D eigenvalue weighted by molar-refractivity contribution is 0.795. The highest BCUT2D eigenvalue weighted by Gasteiger charge is 2.11. The average Bonchev–Trinajstić information content (AvgIpc) is 2.52. The third kappa shape index (κ3) is 3.57. The zero-order chi connectivity index (χ0) is 16.1. The zero-order valence-electron chi connectivity index (χ0n) is 14.1. The van der Waals surface area contributed by atoms with Crippen molar-refractivity contribution in [1.82, 2.24) is 0 Å². The van der Waals surface area contributed by atoms with Crippen LogP contribution in [0.15, 0.2) is 55.6 Å². The average molecular weight is 290 g/mol. The smallest absolute Gasteiger partial charge is 0.0103 e. The van der Waals surface area contributed by atoms with Crippen LogP contribution in [0.4, 0.5) is 0 Å². The van der Waals surface area contributed by atoms with Gasteiger partial charge in [-0.15, -0.1) is 0 Å². The normalized spacial score (nSPS) is 10.5. The Morgan fingerprint density at radius 2 is 1.50 bits per heavy atom. The van der Waals surface area contributed by atoms with Crippen LogP contribution in [0.1, 0.15) is 50.3 Å². The molecule has 0 aromatic heterocycles. The first-order valence-corrected chi connectivity index (χ1v) is 8.08. The van der Waals surface area contributed by atoms with E-state index in [0.717, 1.165) is 17.6 Å². The second kappa shape index (κ2) is 7.26. The third-order valence-electron chi connectivity index (χ3n) is 4.04. The lowest BCUT2D eigenvalue weighted by Crippen LogP contribution is -1.94. The molecule has 0 bridgehead atoms. The second-order valence-corrected chi connectivity index (χ2v) is 6.09. The molecule has 0 aliphatic rings. The van der Waals surface area contributed by atoms with Gasteiger partial charge in [0.05, 0.1) is 0 Å². The van der Waals surface area contributed by atoms with Crippen molar-refractivity contribution >= 4 is 11.1 Å². The molecule has 22 heavy (non-hydrogen) atoms. The molecule has 0 aliphatic carbocycles. The quantitative estimate of drug-likeness (QED) is 0.551. The van der Waals surface area contributed by atoms with Crippen LogP contribution in [-0.2, 0) is 6.42 Å². The van der Waals surface area contributed by atoms with Gasteiger partial charge in [-0.25, -0.2) is 0 Å². The van der Waals surface area contributed by atoms with Gasteiger partial charge in [-0.3, -0.25) is 0 Å². The molecule has 0 N–H and O–H groups in total. The Balaban J connectivity index is 2.56. The van der Waals surface area contributed by atoms with Gasteiger partial charge in [-0.2, -0.15) is 0 Å². The number of aryl methyl sites for hydroxylation is 1. The maximum Gasteiger partial charge on any atom is -0.0103 e. The fraction of sp³-hybridized carbons (Fsp3) is 0.273. The van der Waals surface area contributed by atoms with Crippen molar-refractivity contribution < 1.29 is 0 Å². The third-order valence-corrected chi connectivity index (χ3v) is 4.04. The topological polar surface area (TPSA) is 0 Å². The molecule has 0 radical (unpaired) electrons. The predicted octanol–water partition coefficient (Wildman–Crippen LogP) is 6.76. The van der Waals surface area contributed by atoms with Gasteiger partial charge in [0.1, 0.15) is 0 Å². The summed E-state index contributed by atoms with van der Waals surface area (Å²) in [6, 6.07) is 15.3. The largest absolute Gasteiger partial charge is 0.0955 e. The molecule has 0 unspecified atom stereocenters. The molecular weight excluding hydrogens is 264 g/mol. The number of hydrogen-bond acceptors (Lipinski definition) is 0. The molecule has 0 saturated carbocycles. The van der Waals surface area contributed by atoms with Crippen LogP contribution in [0, 0.1) is 0 Å². The summed E-state index contributed by atoms with van der Waals surface area (Å²) < 4.78 is 0. The number of benzene rings is 2. The Labute approximate surface area is 135 Å². The SMILES string of the molecule is C=C(C)c1ccccc1-c1ccc(CCCC)cc1C(=C)C. The van der Waals surface area contributed by atoms with Crippen LogP contribution in [0.5, 0.6) is 0 Å². The van der Waals surface area contributed by atoms with E-state index in [0.29, 0.717) is 0 Å². The van der Waals surface area contributed by atoms with Crippen molar-refractivity contribution in [3.63, 3.8) is 0 Å². The van der Waals surface area contributed by atoms with E-state index in [1.807, 2.05) is 0 Å². The number of allylic oxidation sites excluding steroid dienone is 2. The first-order valence-electron chi connectivity index (χ1n) is 8.08. The van der Waals surface area contributed by atoms with Crippen LogP contribution < -0.4 is 0 Å². The highest BCUT2D eigenvalue weighted by atomic mass is 14.1. The fourth-order valence-electron chi connectivity index (χ4n) is 2.81. The molecule has 0 fully saturated rings. The highest BCUT2D eigenvalue weighted by Crippen LogP contribution is 2.34. The van der Waals surface area contributed by atoms with E-state index in [4.69, 9.17) is 0 Å². The molecule has 0 aliphatic heterocycles. The lowest BCUT2D eigenvalue weighted by atomic mass is 9.89. The Morgan fingerprint density at radius 3 is 2.14 bits per heavy atom. The minimum Gasteiger partial charge on any atom is -0.0955 e. The molecule has 0 amide bonds. The van der Waals surface area contributed by atoms with Crippen LogP contribution in [0.25, 0.3) is 22.3 Å². The van der Waals surface area contributed by atoms with Crippen LogP contribution in [0.2, 0.25) is 0 Å². The van der Waals surface area contributed by atoms with Gasteiger partial charge in [0.15, 0.2) is 0 Å². The summed E-state index contributed by atoms with van der Waals surface area (Å²) in [4.78, 5) is 0. The standard InChI is InChI=1S/C22H26/c1-6-7-10-18-13-14-21(22(15-18)17(4)5)20-12-9-8-11-19(20)16(2)3/h8-9,11-15H,2,4,6-7,10H2,1,3,5H3. The summed E-state index contributed by atoms with van der Waals surface area (Å²) in [7, 11) is 0. The molecular formula is C22H26. The molecule has 0 spiro atoms. The predicted molar refractivity (Wildman–Crippen MR) is 99.9 cm³/mol. The van der Waals surface area contributed by atoms with Crippen LogP contribution in [0.3, 0.4) is 0 Å². The van der Waals surface area contributed by atoms with Gasteiger partial charge in [0.2, 0.25) is 0 Å². The van der Waals surface area contributed by atoms with E-state index in [-0.39, 0.29) is 0 Å². The van der Waals surface area contributed by atoms with Crippen molar-refractivity contribution in [2.24, 2.45) is 0 Å². The van der Waals surface area contributed by atoms with E-state index < -0.39 is 0 Å². The van der Waals surface area contributed by atoms with Crippen molar-refractivity contribution in [3.8, 4) is 11.1 Å².